The van der Waals surface area contributed by atoms with Crippen molar-refractivity contribution in [3.63, 3.8) is 0 Å². The smallest absolute Gasteiger partial charge is 0.243 e. The molecule has 1 aliphatic rings. The van der Waals surface area contributed by atoms with E-state index in [4.69, 9.17) is 4.74 Å². The second kappa shape index (κ2) is 9.41. The molecule has 0 spiro atoms. The molecule has 0 unspecified atom stereocenters. The Balaban J connectivity index is 1.56. The molecule has 1 amide bonds. The lowest BCUT2D eigenvalue weighted by Crippen LogP contribution is -2.48. The minimum Gasteiger partial charge on any atom is -0.491 e. The second-order valence-corrected chi connectivity index (χ2v) is 9.44. The molecule has 2 atom stereocenters. The van der Waals surface area contributed by atoms with Crippen molar-refractivity contribution in [2.75, 3.05) is 19.7 Å². The van der Waals surface area contributed by atoms with Crippen LogP contribution in [0, 0.1) is 12.8 Å². The lowest BCUT2D eigenvalue weighted by molar-refractivity contribution is -0.126. The Morgan fingerprint density at radius 1 is 1.17 bits per heavy atom. The van der Waals surface area contributed by atoms with Crippen LogP contribution in [0.25, 0.3) is 0 Å². The predicted octanol–water partition coefficient (Wildman–Crippen LogP) is 2.98. The van der Waals surface area contributed by atoms with Gasteiger partial charge < -0.3 is 10.1 Å². The van der Waals surface area contributed by atoms with Crippen molar-refractivity contribution < 1.29 is 17.9 Å². The average Bonchev–Trinajstić information content (AvgIpc) is 2.74. The molecule has 1 saturated heterocycles. The van der Waals surface area contributed by atoms with Gasteiger partial charge in [-0.1, -0.05) is 36.4 Å². The average molecular weight is 417 g/mol. The standard InChI is InChI=1S/C22H28N2O4S/c1-17-9-6-7-13-21(17)28-16-18(2)23-22(25)19-10-8-14-24(15-19)29(26,27)20-11-4-3-5-12-20/h3-7,9,11-13,18-19H,8,10,14-16H2,1-2H3,(H,23,25)/t18-,19+/m1/s1. The van der Waals surface area contributed by atoms with E-state index in [0.29, 0.717) is 26.0 Å². The van der Waals surface area contributed by atoms with Gasteiger partial charge in [0.25, 0.3) is 0 Å². The summed E-state index contributed by atoms with van der Waals surface area (Å²) < 4.78 is 32.9. The molecule has 0 saturated carbocycles. The van der Waals surface area contributed by atoms with Crippen molar-refractivity contribution in [3.8, 4) is 5.75 Å². The summed E-state index contributed by atoms with van der Waals surface area (Å²) in [4.78, 5) is 13.0. The molecule has 1 aliphatic heterocycles. The fourth-order valence-electron chi connectivity index (χ4n) is 3.45. The van der Waals surface area contributed by atoms with Crippen LogP contribution >= 0.6 is 0 Å². The first-order chi connectivity index (χ1) is 13.9. The lowest BCUT2D eigenvalue weighted by atomic mass is 9.98. The van der Waals surface area contributed by atoms with Gasteiger partial charge in [-0.2, -0.15) is 4.31 Å². The molecule has 3 rings (SSSR count). The number of rotatable bonds is 7. The quantitative estimate of drug-likeness (QED) is 0.753. The Morgan fingerprint density at radius 3 is 2.59 bits per heavy atom. The van der Waals surface area contributed by atoms with Crippen LogP contribution in [-0.2, 0) is 14.8 Å². The number of amides is 1. The Labute approximate surface area is 172 Å². The second-order valence-electron chi connectivity index (χ2n) is 7.50. The largest absolute Gasteiger partial charge is 0.491 e. The van der Waals surface area contributed by atoms with Gasteiger partial charge in [0.15, 0.2) is 0 Å². The fraction of sp³-hybridized carbons (Fsp3) is 0.409. The fourth-order valence-corrected chi connectivity index (χ4v) is 5.00. The molecule has 2 aromatic carbocycles. The number of carbonyl (C=O) groups is 1. The maximum absolute atomic E-state index is 12.8. The molecule has 7 heteroatoms. The minimum absolute atomic E-state index is 0.126. The Bertz CT molecular complexity index is 931. The number of piperidine rings is 1. The molecule has 1 N–H and O–H groups in total. The summed E-state index contributed by atoms with van der Waals surface area (Å²) in [6.45, 7) is 4.86. The number of aryl methyl sites for hydroxylation is 1. The zero-order valence-electron chi connectivity index (χ0n) is 16.9. The van der Waals surface area contributed by atoms with Crippen LogP contribution < -0.4 is 10.1 Å². The van der Waals surface area contributed by atoms with Crippen LogP contribution in [0.5, 0.6) is 5.75 Å². The first kappa shape index (κ1) is 21.3. The number of hydrogen-bond acceptors (Lipinski definition) is 4. The van der Waals surface area contributed by atoms with Crippen molar-refractivity contribution >= 4 is 15.9 Å². The van der Waals surface area contributed by atoms with Gasteiger partial charge in [-0.25, -0.2) is 8.42 Å². The zero-order valence-corrected chi connectivity index (χ0v) is 17.7. The van der Waals surface area contributed by atoms with Gasteiger partial charge in [0.2, 0.25) is 15.9 Å². The Kier molecular flexibility index (Phi) is 6.92. The molecule has 29 heavy (non-hydrogen) atoms. The predicted molar refractivity (Wildman–Crippen MR) is 112 cm³/mol. The van der Waals surface area contributed by atoms with Crippen LogP contribution in [-0.4, -0.2) is 44.4 Å². The Hall–Kier alpha value is -2.38. The van der Waals surface area contributed by atoms with E-state index in [9.17, 15) is 13.2 Å². The first-order valence-corrected chi connectivity index (χ1v) is 11.4. The van der Waals surface area contributed by atoms with Gasteiger partial charge >= 0.3 is 0 Å². The maximum atomic E-state index is 12.8. The van der Waals surface area contributed by atoms with Gasteiger partial charge in [-0.3, -0.25) is 4.79 Å². The van der Waals surface area contributed by atoms with Gasteiger partial charge in [-0.05, 0) is 50.5 Å². The molecule has 0 radical (unpaired) electrons. The number of carbonyl (C=O) groups excluding carboxylic acids is 1. The van der Waals surface area contributed by atoms with E-state index in [-0.39, 0.29) is 29.3 Å². The van der Waals surface area contributed by atoms with E-state index in [1.807, 2.05) is 38.1 Å². The number of nitrogens with one attached hydrogen (secondary N) is 1. The van der Waals surface area contributed by atoms with Crippen LogP contribution in [0.15, 0.2) is 59.5 Å². The number of ether oxygens (including phenoxy) is 1. The van der Waals surface area contributed by atoms with Gasteiger partial charge in [0.05, 0.1) is 16.9 Å². The van der Waals surface area contributed by atoms with Crippen molar-refractivity contribution in [2.45, 2.75) is 37.6 Å². The number of hydrogen-bond donors (Lipinski definition) is 1. The molecule has 1 fully saturated rings. The molecule has 156 valence electrons. The highest BCUT2D eigenvalue weighted by atomic mass is 32.2. The van der Waals surface area contributed by atoms with Crippen LogP contribution in [0.2, 0.25) is 0 Å². The Morgan fingerprint density at radius 2 is 1.86 bits per heavy atom. The van der Waals surface area contributed by atoms with Crippen LogP contribution in [0.4, 0.5) is 0 Å². The highest BCUT2D eigenvalue weighted by molar-refractivity contribution is 7.89. The van der Waals surface area contributed by atoms with Gasteiger partial charge in [0.1, 0.15) is 12.4 Å². The van der Waals surface area contributed by atoms with E-state index >= 15 is 0 Å². The monoisotopic (exact) mass is 416 g/mol. The molecule has 0 aromatic heterocycles. The van der Waals surface area contributed by atoms with Crippen molar-refractivity contribution in [2.24, 2.45) is 5.92 Å². The SMILES string of the molecule is Cc1ccccc1OC[C@@H](C)NC(=O)[C@H]1CCCN(S(=O)(=O)c2ccccc2)C1. The van der Waals surface area contributed by atoms with Crippen LogP contribution in [0.1, 0.15) is 25.3 Å². The van der Waals surface area contributed by atoms with Crippen LogP contribution in [0.3, 0.4) is 0 Å². The molecular weight excluding hydrogens is 388 g/mol. The summed E-state index contributed by atoms with van der Waals surface area (Å²) in [5, 5.41) is 2.97. The van der Waals surface area contributed by atoms with E-state index in [2.05, 4.69) is 5.32 Å². The third-order valence-corrected chi connectivity index (χ3v) is 6.99. The first-order valence-electron chi connectivity index (χ1n) is 9.92. The van der Waals surface area contributed by atoms with Crippen molar-refractivity contribution in [1.29, 1.82) is 0 Å². The third-order valence-electron chi connectivity index (χ3n) is 5.11. The molecule has 6 nitrogen and oxygen atoms in total. The molecule has 0 aliphatic carbocycles. The van der Waals surface area contributed by atoms with Crippen molar-refractivity contribution in [1.82, 2.24) is 9.62 Å². The zero-order chi connectivity index (χ0) is 20.9. The summed E-state index contributed by atoms with van der Waals surface area (Å²) in [7, 11) is -3.58. The van der Waals surface area contributed by atoms with Gasteiger partial charge in [0, 0.05) is 13.1 Å². The van der Waals surface area contributed by atoms with E-state index in [0.717, 1.165) is 11.3 Å². The topological polar surface area (TPSA) is 75.7 Å². The third kappa shape index (κ3) is 5.36. The van der Waals surface area contributed by atoms with E-state index in [1.54, 1.807) is 30.3 Å². The maximum Gasteiger partial charge on any atom is 0.243 e. The molecular formula is C22H28N2O4S. The van der Waals surface area contributed by atoms with Crippen molar-refractivity contribution in [3.05, 3.63) is 60.2 Å². The summed E-state index contributed by atoms with van der Waals surface area (Å²) in [6, 6.07) is 15.9. The minimum atomic E-state index is -3.58. The van der Waals surface area contributed by atoms with E-state index < -0.39 is 10.0 Å². The number of nitrogens with zero attached hydrogens (tertiary/aromatic N) is 1. The number of sulfonamides is 1. The summed E-state index contributed by atoms with van der Waals surface area (Å²) in [5.41, 5.74) is 1.04. The molecule has 2 aromatic rings. The summed E-state index contributed by atoms with van der Waals surface area (Å²) in [5.74, 6) is 0.313. The lowest BCUT2D eigenvalue weighted by Gasteiger charge is -2.31. The number of benzene rings is 2. The number of para-hydroxylation sites is 1. The highest BCUT2D eigenvalue weighted by Gasteiger charge is 2.33. The summed E-state index contributed by atoms with van der Waals surface area (Å²) >= 11 is 0. The normalized spacial score (nSPS) is 18.8. The van der Waals surface area contributed by atoms with E-state index in [1.165, 1.54) is 4.31 Å². The highest BCUT2D eigenvalue weighted by Crippen LogP contribution is 2.24. The molecule has 1 heterocycles. The molecule has 0 bridgehead atoms. The summed E-state index contributed by atoms with van der Waals surface area (Å²) in [6.07, 6.45) is 1.34. The van der Waals surface area contributed by atoms with Gasteiger partial charge in [-0.15, -0.1) is 0 Å².